The number of hydrogen-bond donors (Lipinski definition) is 1. The number of sulfonamides is 1. The Labute approximate surface area is 261 Å². The van der Waals surface area contributed by atoms with E-state index in [1.165, 1.54) is 12.1 Å². The van der Waals surface area contributed by atoms with Gasteiger partial charge in [0, 0.05) is 0 Å². The summed E-state index contributed by atoms with van der Waals surface area (Å²) in [6, 6.07) is 19.3. The molecule has 37 heavy (non-hydrogen) atoms. The van der Waals surface area contributed by atoms with Gasteiger partial charge >= 0.3 is 51.4 Å². The van der Waals surface area contributed by atoms with Crippen LogP contribution in [0, 0.1) is 0 Å². The maximum absolute atomic E-state index is 13.5. The number of benzene rings is 3. The predicted molar refractivity (Wildman–Crippen MR) is 144 cm³/mol. The molecule has 3 aromatic rings. The van der Waals surface area contributed by atoms with Crippen LogP contribution in [0.3, 0.4) is 0 Å². The SMILES string of the molecule is CCCOc1cccc(CC(C(=O)NS(=O)(=O)c2ccc(C(C)C)cc2)c2ccc3c(c2)OCO3)c1.[KH]. The Balaban J connectivity index is 0.00000380. The molecule has 1 atom stereocenters. The molecule has 9 heteroatoms. The van der Waals surface area contributed by atoms with E-state index in [1.807, 2.05) is 45.0 Å². The average molecular weight is 550 g/mol. The molecule has 0 fully saturated rings. The topological polar surface area (TPSA) is 90.9 Å². The zero-order valence-electron chi connectivity index (χ0n) is 20.7. The van der Waals surface area contributed by atoms with E-state index in [9.17, 15) is 13.2 Å². The minimum absolute atomic E-state index is 0. The Bertz CT molecular complexity index is 1320. The second-order valence-corrected chi connectivity index (χ2v) is 10.7. The monoisotopic (exact) mass is 549 g/mol. The van der Waals surface area contributed by atoms with Crippen LogP contribution in [0.25, 0.3) is 0 Å². The molecule has 0 aliphatic carbocycles. The third-order valence-electron chi connectivity index (χ3n) is 6.02. The van der Waals surface area contributed by atoms with Gasteiger partial charge in [0.15, 0.2) is 11.5 Å². The molecule has 0 aromatic heterocycles. The number of ether oxygens (including phenoxy) is 3. The van der Waals surface area contributed by atoms with Crippen molar-refractivity contribution in [1.29, 1.82) is 0 Å². The first kappa shape index (κ1) is 29.7. The molecule has 0 radical (unpaired) electrons. The number of amides is 1. The second-order valence-electron chi connectivity index (χ2n) is 9.06. The first-order chi connectivity index (χ1) is 17.3. The summed E-state index contributed by atoms with van der Waals surface area (Å²) in [5, 5.41) is 0. The van der Waals surface area contributed by atoms with Gasteiger partial charge in [-0.3, -0.25) is 4.79 Å². The molecule has 1 aliphatic heterocycles. The van der Waals surface area contributed by atoms with Crippen LogP contribution in [0.5, 0.6) is 17.2 Å². The van der Waals surface area contributed by atoms with Crippen LogP contribution < -0.4 is 18.9 Å². The third kappa shape index (κ3) is 7.58. The van der Waals surface area contributed by atoms with E-state index >= 15 is 0 Å². The van der Waals surface area contributed by atoms with E-state index in [0.717, 1.165) is 17.5 Å². The van der Waals surface area contributed by atoms with Crippen LogP contribution in [0.1, 0.15) is 55.7 Å². The Hall–Kier alpha value is -1.88. The van der Waals surface area contributed by atoms with Gasteiger partial charge in [0.1, 0.15) is 5.75 Å². The molecule has 0 saturated carbocycles. The molecule has 1 heterocycles. The third-order valence-corrected chi connectivity index (χ3v) is 7.38. The molecule has 3 aromatic carbocycles. The van der Waals surface area contributed by atoms with Crippen LogP contribution in [0.2, 0.25) is 0 Å². The van der Waals surface area contributed by atoms with E-state index in [2.05, 4.69) is 4.72 Å². The fourth-order valence-electron chi connectivity index (χ4n) is 4.00. The molecule has 4 rings (SSSR count). The molecule has 1 unspecified atom stereocenters. The second kappa shape index (κ2) is 13.3. The van der Waals surface area contributed by atoms with Gasteiger partial charge in [-0.05, 0) is 71.8 Å². The van der Waals surface area contributed by atoms with E-state index in [1.54, 1.807) is 30.3 Å². The molecular weight excluding hydrogens is 517 g/mol. The number of carbonyl (C=O) groups excluding carboxylic acids is 1. The van der Waals surface area contributed by atoms with Gasteiger partial charge in [-0.25, -0.2) is 13.1 Å². The molecule has 7 nitrogen and oxygen atoms in total. The van der Waals surface area contributed by atoms with Crippen molar-refractivity contribution in [2.45, 2.75) is 50.3 Å². The molecule has 0 bridgehead atoms. The summed E-state index contributed by atoms with van der Waals surface area (Å²) < 4.78 is 45.1. The zero-order valence-corrected chi connectivity index (χ0v) is 21.5. The van der Waals surface area contributed by atoms with Gasteiger partial charge in [0.2, 0.25) is 12.7 Å². The Morgan fingerprint density at radius 3 is 2.38 bits per heavy atom. The summed E-state index contributed by atoms with van der Waals surface area (Å²) in [5.74, 6) is 0.677. The molecular formula is C28H32KNO6S. The van der Waals surface area contributed by atoms with Gasteiger partial charge in [-0.15, -0.1) is 0 Å². The van der Waals surface area contributed by atoms with Gasteiger partial charge in [0.25, 0.3) is 10.0 Å². The van der Waals surface area contributed by atoms with E-state index in [4.69, 9.17) is 14.2 Å². The maximum atomic E-state index is 13.5. The van der Waals surface area contributed by atoms with E-state index in [-0.39, 0.29) is 75.4 Å². The summed E-state index contributed by atoms with van der Waals surface area (Å²) in [7, 11) is -4.06. The Morgan fingerprint density at radius 1 is 0.973 bits per heavy atom. The quantitative estimate of drug-likeness (QED) is 0.374. The van der Waals surface area contributed by atoms with Crippen LogP contribution in [-0.2, 0) is 21.2 Å². The Morgan fingerprint density at radius 2 is 1.68 bits per heavy atom. The summed E-state index contributed by atoms with van der Waals surface area (Å²) in [4.78, 5) is 13.5. The minimum atomic E-state index is -4.06. The normalized spacial score (nSPS) is 13.1. The van der Waals surface area contributed by atoms with Crippen LogP contribution in [0.4, 0.5) is 0 Å². The summed E-state index contributed by atoms with van der Waals surface area (Å²) in [6.07, 6.45) is 1.15. The summed E-state index contributed by atoms with van der Waals surface area (Å²) >= 11 is 0. The number of fused-ring (bicyclic) bond motifs is 1. The predicted octanol–water partition coefficient (Wildman–Crippen LogP) is 4.51. The molecule has 1 aliphatic rings. The number of nitrogens with one attached hydrogen (secondary N) is 1. The fourth-order valence-corrected chi connectivity index (χ4v) is 5.02. The number of rotatable bonds is 10. The molecule has 1 N–H and O–H groups in total. The van der Waals surface area contributed by atoms with Crippen LogP contribution in [-0.4, -0.2) is 79.1 Å². The van der Waals surface area contributed by atoms with Crippen molar-refractivity contribution >= 4 is 67.3 Å². The molecule has 1 amide bonds. The summed E-state index contributed by atoms with van der Waals surface area (Å²) in [6.45, 7) is 6.78. The zero-order chi connectivity index (χ0) is 25.7. The number of carbonyl (C=O) groups is 1. The number of hydrogen-bond acceptors (Lipinski definition) is 6. The van der Waals surface area contributed by atoms with Crippen molar-refractivity contribution in [3.63, 3.8) is 0 Å². The van der Waals surface area contributed by atoms with Crippen molar-refractivity contribution < 1.29 is 27.4 Å². The van der Waals surface area contributed by atoms with Crippen molar-refractivity contribution in [3.8, 4) is 17.2 Å². The van der Waals surface area contributed by atoms with Crippen LogP contribution in [0.15, 0.2) is 71.6 Å². The van der Waals surface area contributed by atoms with Crippen molar-refractivity contribution in [1.82, 2.24) is 4.72 Å². The molecule has 192 valence electrons. The standard InChI is InChI=1S/C28H31NO6S.K.H/c1-4-14-33-23-7-5-6-20(15-23)16-25(22-10-13-26-27(17-22)35-18-34-26)28(30)29-36(31,32)24-11-8-21(9-12-24)19(2)3;;/h5-13,15,17,19,25H,4,14,16,18H2,1-3H3,(H,29,30);;. The van der Waals surface area contributed by atoms with Crippen molar-refractivity contribution in [2.24, 2.45) is 0 Å². The van der Waals surface area contributed by atoms with Crippen molar-refractivity contribution in [3.05, 3.63) is 83.4 Å². The van der Waals surface area contributed by atoms with Gasteiger partial charge in [0.05, 0.1) is 17.4 Å². The van der Waals surface area contributed by atoms with Gasteiger partial charge in [-0.2, -0.15) is 0 Å². The van der Waals surface area contributed by atoms with Crippen LogP contribution >= 0.6 is 0 Å². The van der Waals surface area contributed by atoms with Crippen molar-refractivity contribution in [2.75, 3.05) is 13.4 Å². The fraction of sp³-hybridized carbons (Fsp3) is 0.321. The first-order valence-corrected chi connectivity index (χ1v) is 13.5. The molecule has 0 spiro atoms. The summed E-state index contributed by atoms with van der Waals surface area (Å²) in [5.41, 5.74) is 2.49. The molecule has 0 saturated heterocycles. The van der Waals surface area contributed by atoms with Gasteiger partial charge < -0.3 is 14.2 Å². The first-order valence-electron chi connectivity index (χ1n) is 12.0. The average Bonchev–Trinajstić information content (AvgIpc) is 3.34. The van der Waals surface area contributed by atoms with E-state index in [0.29, 0.717) is 29.4 Å². The van der Waals surface area contributed by atoms with Gasteiger partial charge in [-0.1, -0.05) is 51.1 Å². The van der Waals surface area contributed by atoms with E-state index < -0.39 is 21.8 Å². The Kier molecular flexibility index (Phi) is 10.6.